The summed E-state index contributed by atoms with van der Waals surface area (Å²) in [6.07, 6.45) is 2.47. The van der Waals surface area contributed by atoms with Gasteiger partial charge >= 0.3 is 0 Å². The molecule has 1 aromatic rings. The van der Waals surface area contributed by atoms with Crippen molar-refractivity contribution in [2.45, 2.75) is 39.7 Å². The summed E-state index contributed by atoms with van der Waals surface area (Å²) in [6, 6.07) is 2.25. The molecule has 1 atom stereocenters. The van der Waals surface area contributed by atoms with Crippen LogP contribution in [0.1, 0.15) is 32.3 Å². The molecule has 0 aliphatic carbocycles. The van der Waals surface area contributed by atoms with Crippen molar-refractivity contribution in [3.63, 3.8) is 0 Å². The van der Waals surface area contributed by atoms with Crippen LogP contribution in [0.15, 0.2) is 6.07 Å². The fraction of sp³-hybridized carbons (Fsp3) is 0.667. The summed E-state index contributed by atoms with van der Waals surface area (Å²) in [5.74, 6) is 0.684. The first-order valence-corrected chi connectivity index (χ1v) is 8.08. The number of anilines is 1. The van der Waals surface area contributed by atoms with E-state index in [4.69, 9.17) is 23.2 Å². The van der Waals surface area contributed by atoms with E-state index in [1.807, 2.05) is 13.0 Å². The standard InChI is InChI=1S/C15H23Cl2N3/c1-4-20-7-5-12(6-8-20)11(3)18-14-10(2)9-13(16)19-15(14)17/h9,11-12,18H,4-8H2,1-3H3. The van der Waals surface area contributed by atoms with Crippen LogP contribution in [-0.4, -0.2) is 35.6 Å². The molecule has 0 aromatic carbocycles. The van der Waals surface area contributed by atoms with Crippen LogP contribution in [0.4, 0.5) is 5.69 Å². The molecule has 0 amide bonds. The van der Waals surface area contributed by atoms with E-state index in [1.54, 1.807) is 0 Å². The van der Waals surface area contributed by atoms with Gasteiger partial charge in [-0.1, -0.05) is 30.1 Å². The summed E-state index contributed by atoms with van der Waals surface area (Å²) in [4.78, 5) is 6.62. The number of halogens is 2. The van der Waals surface area contributed by atoms with Gasteiger partial charge in [-0.25, -0.2) is 4.98 Å². The SMILES string of the molecule is CCN1CCC(C(C)Nc2c(C)cc(Cl)nc2Cl)CC1. The van der Waals surface area contributed by atoms with Crippen molar-refractivity contribution in [1.29, 1.82) is 0 Å². The van der Waals surface area contributed by atoms with Crippen molar-refractivity contribution in [1.82, 2.24) is 9.88 Å². The molecule has 1 unspecified atom stereocenters. The Bertz CT molecular complexity index is 433. The van der Waals surface area contributed by atoms with Gasteiger partial charge < -0.3 is 10.2 Å². The van der Waals surface area contributed by atoms with E-state index in [0.717, 1.165) is 17.8 Å². The molecule has 0 radical (unpaired) electrons. The van der Waals surface area contributed by atoms with Gasteiger partial charge in [0, 0.05) is 6.04 Å². The molecule has 3 nitrogen and oxygen atoms in total. The van der Waals surface area contributed by atoms with Gasteiger partial charge in [0.25, 0.3) is 0 Å². The molecule has 2 rings (SSSR count). The Morgan fingerprint density at radius 2 is 2.05 bits per heavy atom. The van der Waals surface area contributed by atoms with Crippen LogP contribution in [0.3, 0.4) is 0 Å². The van der Waals surface area contributed by atoms with Gasteiger partial charge in [-0.15, -0.1) is 0 Å². The molecule has 20 heavy (non-hydrogen) atoms. The molecule has 112 valence electrons. The van der Waals surface area contributed by atoms with Crippen molar-refractivity contribution >= 4 is 28.9 Å². The van der Waals surface area contributed by atoms with E-state index in [-0.39, 0.29) is 0 Å². The Labute approximate surface area is 131 Å². The van der Waals surface area contributed by atoms with E-state index < -0.39 is 0 Å². The van der Waals surface area contributed by atoms with Crippen molar-refractivity contribution in [3.8, 4) is 0 Å². The maximum Gasteiger partial charge on any atom is 0.154 e. The second-order valence-corrected chi connectivity index (χ2v) is 6.38. The third-order valence-corrected chi connectivity index (χ3v) is 4.77. The van der Waals surface area contributed by atoms with Crippen LogP contribution >= 0.6 is 23.2 Å². The van der Waals surface area contributed by atoms with Gasteiger partial charge in [0.15, 0.2) is 5.15 Å². The Kier molecular flexibility index (Phi) is 5.53. The number of nitrogens with zero attached hydrogens (tertiary/aromatic N) is 2. The molecule has 1 fully saturated rings. The quantitative estimate of drug-likeness (QED) is 0.843. The molecule has 1 aromatic heterocycles. The highest BCUT2D eigenvalue weighted by Gasteiger charge is 2.24. The summed E-state index contributed by atoms with van der Waals surface area (Å²) in [7, 11) is 0. The molecule has 5 heteroatoms. The molecule has 0 spiro atoms. The molecular formula is C15H23Cl2N3. The smallest absolute Gasteiger partial charge is 0.154 e. The Hall–Kier alpha value is -0.510. The molecule has 1 aliphatic rings. The van der Waals surface area contributed by atoms with Crippen molar-refractivity contribution in [2.75, 3.05) is 25.0 Å². The fourth-order valence-corrected chi connectivity index (χ4v) is 3.47. The van der Waals surface area contributed by atoms with E-state index in [0.29, 0.717) is 22.3 Å². The summed E-state index contributed by atoms with van der Waals surface area (Å²) < 4.78 is 0. The lowest BCUT2D eigenvalue weighted by atomic mass is 9.90. The molecule has 1 saturated heterocycles. The van der Waals surface area contributed by atoms with Gasteiger partial charge in [0.2, 0.25) is 0 Å². The lowest BCUT2D eigenvalue weighted by Gasteiger charge is -2.35. The molecule has 0 saturated carbocycles. The zero-order chi connectivity index (χ0) is 14.7. The maximum atomic E-state index is 6.20. The monoisotopic (exact) mass is 315 g/mol. The van der Waals surface area contributed by atoms with Crippen LogP contribution in [0.5, 0.6) is 0 Å². The third kappa shape index (κ3) is 3.78. The summed E-state index contributed by atoms with van der Waals surface area (Å²) in [5.41, 5.74) is 1.97. The normalized spacial score (nSPS) is 19.1. The molecule has 1 N–H and O–H groups in total. The average Bonchev–Trinajstić information content (AvgIpc) is 2.42. The first-order valence-electron chi connectivity index (χ1n) is 7.32. The van der Waals surface area contributed by atoms with Gasteiger partial charge in [0.1, 0.15) is 5.15 Å². The van der Waals surface area contributed by atoms with Gasteiger partial charge in [-0.05, 0) is 63.9 Å². The average molecular weight is 316 g/mol. The molecule has 0 bridgehead atoms. The van der Waals surface area contributed by atoms with Gasteiger partial charge in [0.05, 0.1) is 5.69 Å². The number of pyridine rings is 1. The van der Waals surface area contributed by atoms with Crippen LogP contribution in [0, 0.1) is 12.8 Å². The van der Waals surface area contributed by atoms with Crippen molar-refractivity contribution in [2.24, 2.45) is 5.92 Å². The number of nitrogens with one attached hydrogen (secondary N) is 1. The molecule has 2 heterocycles. The predicted octanol–water partition coefficient (Wildman–Crippen LogP) is 4.23. The second-order valence-electron chi connectivity index (χ2n) is 5.63. The summed E-state index contributed by atoms with van der Waals surface area (Å²) in [6.45, 7) is 10.0. The maximum absolute atomic E-state index is 6.20. The fourth-order valence-electron chi connectivity index (χ4n) is 2.88. The van der Waals surface area contributed by atoms with E-state index >= 15 is 0 Å². The Morgan fingerprint density at radius 3 is 2.60 bits per heavy atom. The number of piperidine rings is 1. The van der Waals surface area contributed by atoms with Crippen LogP contribution < -0.4 is 5.32 Å². The molecular weight excluding hydrogens is 293 g/mol. The number of rotatable bonds is 4. The highest BCUT2D eigenvalue weighted by Crippen LogP contribution is 2.30. The van der Waals surface area contributed by atoms with E-state index in [9.17, 15) is 0 Å². The van der Waals surface area contributed by atoms with Gasteiger partial charge in [-0.3, -0.25) is 0 Å². The van der Waals surface area contributed by atoms with Crippen molar-refractivity contribution in [3.05, 3.63) is 21.9 Å². The van der Waals surface area contributed by atoms with E-state index in [1.165, 1.54) is 25.9 Å². The predicted molar refractivity (Wildman–Crippen MR) is 86.9 cm³/mol. The summed E-state index contributed by atoms with van der Waals surface area (Å²) >= 11 is 12.1. The summed E-state index contributed by atoms with van der Waals surface area (Å²) in [5, 5.41) is 4.45. The van der Waals surface area contributed by atoms with E-state index in [2.05, 4.69) is 29.0 Å². The van der Waals surface area contributed by atoms with Crippen LogP contribution in [0.25, 0.3) is 0 Å². The topological polar surface area (TPSA) is 28.2 Å². The minimum atomic E-state index is 0.396. The lowest BCUT2D eigenvalue weighted by Crippen LogP contribution is -2.39. The first-order chi connectivity index (χ1) is 9.51. The zero-order valence-electron chi connectivity index (χ0n) is 12.4. The lowest BCUT2D eigenvalue weighted by molar-refractivity contribution is 0.183. The number of likely N-dealkylation sites (tertiary alicyclic amines) is 1. The number of aryl methyl sites for hydroxylation is 1. The number of hydrogen-bond acceptors (Lipinski definition) is 3. The number of hydrogen-bond donors (Lipinski definition) is 1. The minimum absolute atomic E-state index is 0.396. The van der Waals surface area contributed by atoms with Crippen LogP contribution in [-0.2, 0) is 0 Å². The first kappa shape index (κ1) is 15.9. The van der Waals surface area contributed by atoms with Crippen LogP contribution in [0.2, 0.25) is 10.3 Å². The minimum Gasteiger partial charge on any atom is -0.380 e. The highest BCUT2D eigenvalue weighted by molar-refractivity contribution is 6.34. The Morgan fingerprint density at radius 1 is 1.40 bits per heavy atom. The molecule has 1 aliphatic heterocycles. The van der Waals surface area contributed by atoms with Gasteiger partial charge in [-0.2, -0.15) is 0 Å². The largest absolute Gasteiger partial charge is 0.380 e. The highest BCUT2D eigenvalue weighted by atomic mass is 35.5. The van der Waals surface area contributed by atoms with Crippen molar-refractivity contribution < 1.29 is 0 Å². The zero-order valence-corrected chi connectivity index (χ0v) is 13.9. The Balaban J connectivity index is 2.00. The number of aromatic nitrogens is 1. The second kappa shape index (κ2) is 6.97. The third-order valence-electron chi connectivity index (χ3n) is 4.30.